The van der Waals surface area contributed by atoms with Crippen LogP contribution in [0.25, 0.3) is 0 Å². The van der Waals surface area contributed by atoms with Gasteiger partial charge in [0.25, 0.3) is 5.91 Å². The van der Waals surface area contributed by atoms with E-state index in [0.717, 1.165) is 11.3 Å². The summed E-state index contributed by atoms with van der Waals surface area (Å²) in [5.74, 6) is 0.131. The van der Waals surface area contributed by atoms with E-state index in [9.17, 15) is 9.18 Å². The van der Waals surface area contributed by atoms with Gasteiger partial charge in [0, 0.05) is 11.4 Å². The largest absolute Gasteiger partial charge is 0.494 e. The smallest absolute Gasteiger partial charge is 0.255 e. The fourth-order valence-electron chi connectivity index (χ4n) is 2.90. The Bertz CT molecular complexity index is 879. The predicted octanol–water partition coefficient (Wildman–Crippen LogP) is 3.66. The Morgan fingerprint density at radius 1 is 1.19 bits per heavy atom. The molecule has 1 aliphatic heterocycles. The third-order valence-electron chi connectivity index (χ3n) is 4.14. The molecule has 7 heteroatoms. The van der Waals surface area contributed by atoms with E-state index in [1.54, 1.807) is 43.3 Å². The van der Waals surface area contributed by atoms with Gasteiger partial charge in [-0.15, -0.1) is 0 Å². The highest BCUT2D eigenvalue weighted by Gasteiger charge is 2.29. The maximum absolute atomic E-state index is 13.3. The number of hydrogen-bond acceptors (Lipinski definition) is 3. The van der Waals surface area contributed by atoms with E-state index in [-0.39, 0.29) is 11.7 Å². The number of ether oxygens (including phenoxy) is 1. The average Bonchev–Trinajstić information content (AvgIpc) is 2.63. The van der Waals surface area contributed by atoms with E-state index < -0.39 is 6.04 Å². The first kappa shape index (κ1) is 18.8. The van der Waals surface area contributed by atoms with Gasteiger partial charge in [-0.1, -0.05) is 12.1 Å². The van der Waals surface area contributed by atoms with E-state index in [0.29, 0.717) is 28.7 Å². The van der Waals surface area contributed by atoms with Crippen LogP contribution in [0.2, 0.25) is 0 Å². The van der Waals surface area contributed by atoms with Crippen LogP contribution >= 0.6 is 12.2 Å². The lowest BCUT2D eigenvalue weighted by atomic mass is 9.95. The van der Waals surface area contributed by atoms with E-state index >= 15 is 0 Å². The number of allylic oxidation sites excluding steroid dienone is 1. The van der Waals surface area contributed by atoms with Crippen LogP contribution in [0, 0.1) is 5.82 Å². The minimum absolute atomic E-state index is 0.270. The molecular weight excluding hydrogens is 365 g/mol. The lowest BCUT2D eigenvalue weighted by molar-refractivity contribution is -0.113. The third-order valence-corrected chi connectivity index (χ3v) is 4.36. The van der Waals surface area contributed by atoms with Crippen molar-refractivity contribution >= 4 is 28.9 Å². The molecule has 140 valence electrons. The number of benzene rings is 2. The van der Waals surface area contributed by atoms with Crippen LogP contribution < -0.4 is 20.7 Å². The molecule has 3 N–H and O–H groups in total. The number of rotatable bonds is 5. The van der Waals surface area contributed by atoms with Crippen molar-refractivity contribution in [3.05, 3.63) is 71.2 Å². The third kappa shape index (κ3) is 4.43. The first-order chi connectivity index (χ1) is 13.0. The van der Waals surface area contributed by atoms with E-state index in [1.807, 2.05) is 6.92 Å². The van der Waals surface area contributed by atoms with Crippen LogP contribution in [0.4, 0.5) is 10.1 Å². The molecule has 0 radical (unpaired) electrons. The summed E-state index contributed by atoms with van der Waals surface area (Å²) in [6.07, 6.45) is 0. The SMILES string of the molecule is CCOc1ccc(NC(=O)C2=C(C)NC(=S)N[C@@H]2c2ccc(F)cc2)cc1. The van der Waals surface area contributed by atoms with Crippen molar-refractivity contribution in [2.24, 2.45) is 0 Å². The zero-order valence-corrected chi connectivity index (χ0v) is 15.8. The summed E-state index contributed by atoms with van der Waals surface area (Å²) in [7, 11) is 0. The van der Waals surface area contributed by atoms with Gasteiger partial charge in [-0.3, -0.25) is 4.79 Å². The Kier molecular flexibility index (Phi) is 5.71. The second-order valence-corrected chi connectivity index (χ2v) is 6.44. The van der Waals surface area contributed by atoms with Gasteiger partial charge in [0.1, 0.15) is 11.6 Å². The van der Waals surface area contributed by atoms with Crippen LogP contribution in [-0.4, -0.2) is 17.6 Å². The molecule has 1 heterocycles. The lowest BCUT2D eigenvalue weighted by Crippen LogP contribution is -2.45. The van der Waals surface area contributed by atoms with E-state index in [2.05, 4.69) is 16.0 Å². The molecule has 1 atom stereocenters. The standard InChI is InChI=1S/C20H20FN3O2S/c1-3-26-16-10-8-15(9-11-16)23-19(25)17-12(2)22-20(27)24-18(17)13-4-6-14(21)7-5-13/h4-11,18H,3H2,1-2H3,(H,23,25)(H2,22,24,27)/t18-/m1/s1. The topological polar surface area (TPSA) is 62.4 Å². The van der Waals surface area contributed by atoms with Gasteiger partial charge in [-0.25, -0.2) is 4.39 Å². The molecular formula is C20H20FN3O2S. The number of anilines is 1. The molecule has 2 aromatic carbocycles. The zero-order valence-electron chi connectivity index (χ0n) is 15.0. The minimum Gasteiger partial charge on any atom is -0.494 e. The maximum Gasteiger partial charge on any atom is 0.255 e. The second kappa shape index (κ2) is 8.18. The van der Waals surface area contributed by atoms with E-state index in [4.69, 9.17) is 17.0 Å². The highest BCUT2D eigenvalue weighted by Crippen LogP contribution is 2.28. The first-order valence-electron chi connectivity index (χ1n) is 8.56. The number of carbonyl (C=O) groups is 1. The molecule has 2 aromatic rings. The normalized spacial score (nSPS) is 16.4. The number of carbonyl (C=O) groups excluding carboxylic acids is 1. The minimum atomic E-state index is -0.470. The van der Waals surface area contributed by atoms with Crippen molar-refractivity contribution in [3.8, 4) is 5.75 Å². The molecule has 0 bridgehead atoms. The van der Waals surface area contributed by atoms with Crippen LogP contribution in [0.1, 0.15) is 25.5 Å². The van der Waals surface area contributed by atoms with E-state index in [1.165, 1.54) is 12.1 Å². The molecule has 1 aliphatic rings. The van der Waals surface area contributed by atoms with Crippen molar-refractivity contribution in [2.45, 2.75) is 19.9 Å². The summed E-state index contributed by atoms with van der Waals surface area (Å²) < 4.78 is 18.7. The van der Waals surface area contributed by atoms with Crippen molar-refractivity contribution in [3.63, 3.8) is 0 Å². The summed E-state index contributed by atoms with van der Waals surface area (Å²) in [4.78, 5) is 12.9. The maximum atomic E-state index is 13.3. The Labute approximate surface area is 162 Å². The van der Waals surface area contributed by atoms with Crippen LogP contribution in [0.15, 0.2) is 59.8 Å². The summed E-state index contributed by atoms with van der Waals surface area (Å²) in [6, 6.07) is 12.7. The van der Waals surface area contributed by atoms with Gasteiger partial charge in [0.05, 0.1) is 18.2 Å². The number of thiocarbonyl (C=S) groups is 1. The number of halogens is 1. The number of amides is 1. The van der Waals surface area contributed by atoms with Gasteiger partial charge in [-0.2, -0.15) is 0 Å². The Morgan fingerprint density at radius 3 is 2.48 bits per heavy atom. The molecule has 0 unspecified atom stereocenters. The molecule has 27 heavy (non-hydrogen) atoms. The van der Waals surface area contributed by atoms with Gasteiger partial charge in [0.15, 0.2) is 5.11 Å². The van der Waals surface area contributed by atoms with Crippen molar-refractivity contribution < 1.29 is 13.9 Å². The number of nitrogens with one attached hydrogen (secondary N) is 3. The van der Waals surface area contributed by atoms with Crippen molar-refractivity contribution in [1.29, 1.82) is 0 Å². The van der Waals surface area contributed by atoms with Gasteiger partial charge in [-0.05, 0) is 68.0 Å². The molecule has 0 fully saturated rings. The molecule has 3 rings (SSSR count). The van der Waals surface area contributed by atoms with Crippen molar-refractivity contribution in [1.82, 2.24) is 10.6 Å². The quantitative estimate of drug-likeness (QED) is 0.686. The Hall–Kier alpha value is -2.93. The second-order valence-electron chi connectivity index (χ2n) is 6.03. The fourth-order valence-corrected chi connectivity index (χ4v) is 3.17. The molecule has 0 aromatic heterocycles. The van der Waals surface area contributed by atoms with Gasteiger partial charge >= 0.3 is 0 Å². The highest BCUT2D eigenvalue weighted by atomic mass is 32.1. The molecule has 0 saturated carbocycles. The van der Waals surface area contributed by atoms with Crippen LogP contribution in [-0.2, 0) is 4.79 Å². The predicted molar refractivity (Wildman–Crippen MR) is 107 cm³/mol. The fraction of sp³-hybridized carbons (Fsp3) is 0.200. The highest BCUT2D eigenvalue weighted by molar-refractivity contribution is 7.80. The molecule has 0 saturated heterocycles. The van der Waals surface area contributed by atoms with Crippen LogP contribution in [0.5, 0.6) is 5.75 Å². The van der Waals surface area contributed by atoms with Crippen LogP contribution in [0.3, 0.4) is 0 Å². The first-order valence-corrected chi connectivity index (χ1v) is 8.96. The monoisotopic (exact) mass is 385 g/mol. The summed E-state index contributed by atoms with van der Waals surface area (Å²) in [6.45, 7) is 4.28. The zero-order chi connectivity index (χ0) is 19.4. The summed E-state index contributed by atoms with van der Waals surface area (Å²) in [5.41, 5.74) is 2.53. The Morgan fingerprint density at radius 2 is 1.85 bits per heavy atom. The lowest BCUT2D eigenvalue weighted by Gasteiger charge is -2.30. The number of hydrogen-bond donors (Lipinski definition) is 3. The molecule has 0 spiro atoms. The average molecular weight is 385 g/mol. The molecule has 0 aliphatic carbocycles. The molecule has 1 amide bonds. The summed E-state index contributed by atoms with van der Waals surface area (Å²) >= 11 is 5.22. The van der Waals surface area contributed by atoms with Gasteiger partial charge in [0.2, 0.25) is 0 Å². The van der Waals surface area contributed by atoms with Crippen molar-refractivity contribution in [2.75, 3.05) is 11.9 Å². The molecule has 5 nitrogen and oxygen atoms in total. The van der Waals surface area contributed by atoms with Gasteiger partial charge < -0.3 is 20.7 Å². The Balaban J connectivity index is 1.86. The summed E-state index contributed by atoms with van der Waals surface area (Å²) in [5, 5.41) is 9.37.